The fraction of sp³-hybridized carbons (Fsp3) is 0.308. The average molecular weight is 1290 g/mol. The molecule has 0 atom stereocenters. The molecule has 18 nitrogen and oxygen atoms in total. The highest BCUT2D eigenvalue weighted by Gasteiger charge is 2.45. The van der Waals surface area contributed by atoms with Crippen molar-refractivity contribution in [2.24, 2.45) is 0 Å². The first-order valence-electron chi connectivity index (χ1n) is 33.2. The van der Waals surface area contributed by atoms with E-state index in [0.29, 0.717) is 117 Å². The molecule has 8 aromatic rings. The second-order valence-electron chi connectivity index (χ2n) is 25.2. The van der Waals surface area contributed by atoms with Gasteiger partial charge in [0, 0.05) is 92.4 Å². The zero-order chi connectivity index (χ0) is 64.7. The van der Waals surface area contributed by atoms with Crippen molar-refractivity contribution in [1.29, 1.82) is 0 Å². The number of ketones is 2. The molecule has 0 spiro atoms. The van der Waals surface area contributed by atoms with Crippen LogP contribution in [0, 0.1) is 0 Å². The zero-order valence-electron chi connectivity index (χ0n) is 53.5. The molecule has 9 aliphatic rings. The van der Waals surface area contributed by atoms with E-state index in [1.165, 1.54) is 0 Å². The Hall–Kier alpha value is -10.6. The molecule has 20 bridgehead atoms. The van der Waals surface area contributed by atoms with Crippen LogP contribution in [0.1, 0.15) is 169 Å². The Kier molecular flexibility index (Phi) is 15.0. The number of hydrogen-bond acceptors (Lipinski definition) is 18. The number of Topliss-reactive ketones (excluding diaryl/α,β-unsaturated/α-hetero) is 2. The fourth-order valence-electron chi connectivity index (χ4n) is 15.2. The topological polar surface area (TPSA) is 182 Å². The van der Waals surface area contributed by atoms with Crippen molar-refractivity contribution < 1.29 is 85.4 Å². The highest BCUT2D eigenvalue weighted by molar-refractivity contribution is 6.22. The number of ether oxygens (including phenoxy) is 16. The molecule has 0 N–H and O–H groups in total. The van der Waals surface area contributed by atoms with Crippen LogP contribution in [0.15, 0.2) is 144 Å². The molecule has 1 aliphatic carbocycles. The molecule has 0 saturated heterocycles. The number of carbonyl (C=O) groups is 2. The Labute approximate surface area is 553 Å². The molecule has 0 aromatic heterocycles. The number of benzene rings is 8. The lowest BCUT2D eigenvalue weighted by Crippen LogP contribution is -2.33. The minimum atomic E-state index is -0.891. The molecule has 488 valence electrons. The Balaban J connectivity index is 1.07. The summed E-state index contributed by atoms with van der Waals surface area (Å²) in [5.74, 6) is 0.850. The molecule has 0 radical (unpaired) electrons. The van der Waals surface area contributed by atoms with Crippen LogP contribution in [0.25, 0.3) is 0 Å². The maximum absolute atomic E-state index is 15.9. The molecular formula is C78H68O18. The van der Waals surface area contributed by atoms with E-state index < -0.39 is 34.6 Å². The van der Waals surface area contributed by atoms with Gasteiger partial charge in [-0.1, -0.05) is 77.6 Å². The minimum Gasteiger partial charge on any atom is -0.488 e. The fourth-order valence-corrected chi connectivity index (χ4v) is 15.2. The van der Waals surface area contributed by atoms with Crippen molar-refractivity contribution in [2.45, 2.75) is 129 Å². The molecule has 18 heteroatoms. The van der Waals surface area contributed by atoms with Crippen LogP contribution in [0.3, 0.4) is 0 Å². The van der Waals surface area contributed by atoms with Crippen LogP contribution < -0.4 is 75.8 Å². The normalized spacial score (nSPS) is 19.5. The second-order valence-corrected chi connectivity index (χ2v) is 25.2. The highest BCUT2D eigenvalue weighted by atomic mass is 16.7. The predicted octanol–water partition coefficient (Wildman–Crippen LogP) is 16.1. The summed E-state index contributed by atoms with van der Waals surface area (Å²) >= 11 is 0. The first kappa shape index (κ1) is 59.1. The van der Waals surface area contributed by atoms with Crippen molar-refractivity contribution in [1.82, 2.24) is 0 Å². The third-order valence-electron chi connectivity index (χ3n) is 19.3. The monoisotopic (exact) mass is 1290 g/mol. The van der Waals surface area contributed by atoms with Crippen LogP contribution in [0.2, 0.25) is 0 Å². The van der Waals surface area contributed by atoms with Gasteiger partial charge >= 0.3 is 0 Å². The van der Waals surface area contributed by atoms with Crippen LogP contribution in [-0.4, -0.2) is 38.7 Å². The molecule has 0 amide bonds. The molecule has 0 unspecified atom stereocenters. The molecular weight excluding hydrogens is 1220 g/mol. The van der Waals surface area contributed by atoms with Crippen LogP contribution in [-0.2, 0) is 36.0 Å². The van der Waals surface area contributed by atoms with Crippen LogP contribution in [0.4, 0.5) is 0 Å². The summed E-state index contributed by atoms with van der Waals surface area (Å²) in [6, 6.07) is 36.5. The third-order valence-corrected chi connectivity index (χ3v) is 19.3. The number of hydrogen-bond donors (Lipinski definition) is 0. The predicted molar refractivity (Wildman–Crippen MR) is 347 cm³/mol. The summed E-state index contributed by atoms with van der Waals surface area (Å²) in [4.78, 5) is 31.8. The van der Waals surface area contributed by atoms with Gasteiger partial charge in [0.05, 0.1) is 22.3 Å². The maximum atomic E-state index is 15.9. The van der Waals surface area contributed by atoms with Crippen molar-refractivity contribution in [3.63, 3.8) is 0 Å². The number of fused-ring (bicyclic) bond motifs is 12. The molecule has 8 aromatic carbocycles. The van der Waals surface area contributed by atoms with Gasteiger partial charge in [0.25, 0.3) is 11.6 Å². The van der Waals surface area contributed by atoms with Crippen molar-refractivity contribution in [3.8, 4) is 92.0 Å². The molecule has 8 aliphatic heterocycles. The van der Waals surface area contributed by atoms with Gasteiger partial charge in [-0.25, -0.2) is 0 Å². The van der Waals surface area contributed by atoms with E-state index in [1.807, 2.05) is 0 Å². The van der Waals surface area contributed by atoms with E-state index in [-0.39, 0.29) is 100 Å². The minimum absolute atomic E-state index is 0.0889. The SMILES string of the molecule is CCCC1c2cc3c4c5c2OCOc2c1cc1c6c2COc2cccc(c2)OC2=C(Oc7cccc(c7)OC5)C(=O)C5=C(Oc7cccc(c7)OCc7c8c(cc(c7OCO6)C1CCC)C(CCC)c1cc(c(c(c1OCO8)COc1cccc(c1)O5)OCO4)C3CCC)C2=O. The Morgan fingerprint density at radius 1 is 0.271 bits per heavy atom. The van der Waals surface area contributed by atoms with Gasteiger partial charge in [-0.2, -0.15) is 0 Å². The Bertz CT molecular complexity index is 4040. The van der Waals surface area contributed by atoms with E-state index in [1.54, 1.807) is 97.1 Å². The van der Waals surface area contributed by atoms with Crippen LogP contribution >= 0.6 is 0 Å². The Morgan fingerprint density at radius 3 is 0.667 bits per heavy atom. The van der Waals surface area contributed by atoms with Gasteiger partial charge in [-0.3, -0.25) is 9.59 Å². The summed E-state index contributed by atoms with van der Waals surface area (Å²) in [5, 5.41) is 0. The Morgan fingerprint density at radius 2 is 0.469 bits per heavy atom. The van der Waals surface area contributed by atoms with Crippen molar-refractivity contribution >= 4 is 11.6 Å². The molecule has 0 saturated carbocycles. The quantitative estimate of drug-likeness (QED) is 0.131. The summed E-state index contributed by atoms with van der Waals surface area (Å²) in [6.45, 7) is 7.48. The third kappa shape index (κ3) is 10.0. The smallest absolute Gasteiger partial charge is 0.271 e. The van der Waals surface area contributed by atoms with Crippen LogP contribution in [0.5, 0.6) is 92.0 Å². The van der Waals surface area contributed by atoms with E-state index in [4.69, 9.17) is 75.8 Å². The lowest BCUT2D eigenvalue weighted by atomic mass is 9.74. The number of rotatable bonds is 8. The molecule has 96 heavy (non-hydrogen) atoms. The highest BCUT2D eigenvalue weighted by Crippen LogP contribution is 2.59. The van der Waals surface area contributed by atoms with Gasteiger partial charge in [0.1, 0.15) is 118 Å². The summed E-state index contributed by atoms with van der Waals surface area (Å²) in [7, 11) is 0. The summed E-state index contributed by atoms with van der Waals surface area (Å²) in [5.41, 5.74) is 9.78. The molecule has 0 fully saturated rings. The van der Waals surface area contributed by atoms with Gasteiger partial charge in [-0.05, 0) is 98.5 Å². The summed E-state index contributed by atoms with van der Waals surface area (Å²) < 4.78 is 112. The largest absolute Gasteiger partial charge is 0.488 e. The average Bonchev–Trinajstić information content (AvgIpc) is 0.732. The van der Waals surface area contributed by atoms with E-state index >= 15 is 9.59 Å². The number of carbonyl (C=O) groups excluding carboxylic acids is 2. The van der Waals surface area contributed by atoms with E-state index in [2.05, 4.69) is 52.0 Å². The molecule has 8 heterocycles. The van der Waals surface area contributed by atoms with Gasteiger partial charge in [0.2, 0.25) is 50.2 Å². The van der Waals surface area contributed by atoms with Gasteiger partial charge < -0.3 is 75.8 Å². The lowest BCUT2D eigenvalue weighted by Gasteiger charge is -2.37. The van der Waals surface area contributed by atoms with E-state index in [0.717, 1.165) is 70.2 Å². The van der Waals surface area contributed by atoms with Crippen molar-refractivity contribution in [2.75, 3.05) is 27.2 Å². The van der Waals surface area contributed by atoms with Gasteiger partial charge in [0.15, 0.2) is 0 Å². The van der Waals surface area contributed by atoms with Crippen molar-refractivity contribution in [3.05, 3.63) is 211 Å². The first-order chi connectivity index (χ1) is 47.2. The van der Waals surface area contributed by atoms with E-state index in [9.17, 15) is 0 Å². The first-order valence-corrected chi connectivity index (χ1v) is 33.2. The standard InChI is InChI=1S/C78H68O18/c1-5-13-49-53-29-57-51(15-7-3)59-31-55-50(14-6-2)56-32-60-52(16-8-4)58-30-54(49)68-62-34-82-42-18-10-22-46(26-42)94-76-65(79)75-77-66(80)78(76)96-48-24-12-20-44(28-48)84-36-64(74(60)92-40-90-72(58)62)70(56)88-38-87-69(55)63(35-83-43-19-11-23-47(27-43)95-77)73(59)91-39-89-71(57)61(67(53)85-37-86-68)33-81-41-17-9-21-45(25-41)93-75/h9-12,17-32,49-52H,5-8,13-16,33-40H2,1-4H3. The second kappa shape index (κ2) is 24.3. The lowest BCUT2D eigenvalue weighted by molar-refractivity contribution is -0.122. The maximum Gasteiger partial charge on any atom is 0.271 e. The zero-order valence-corrected chi connectivity index (χ0v) is 53.5. The summed E-state index contributed by atoms with van der Waals surface area (Å²) in [6.07, 6.45) is 5.70. The molecule has 17 rings (SSSR count). The van der Waals surface area contributed by atoms with Gasteiger partial charge in [-0.15, -0.1) is 0 Å².